The second-order valence-corrected chi connectivity index (χ2v) is 8.22. The fourth-order valence-electron chi connectivity index (χ4n) is 4.40. The van der Waals surface area contributed by atoms with Crippen molar-refractivity contribution in [2.75, 3.05) is 32.1 Å². The van der Waals surface area contributed by atoms with Crippen LogP contribution in [0.3, 0.4) is 0 Å². The fraction of sp³-hybridized carbons (Fsp3) is 0.240. The van der Waals surface area contributed by atoms with Crippen LogP contribution in [0, 0.1) is 17.1 Å². The Hall–Kier alpha value is -4.56. The van der Waals surface area contributed by atoms with Crippen molar-refractivity contribution >= 4 is 39.0 Å². The number of methoxy groups -OCH3 is 1. The highest BCUT2D eigenvalue weighted by atomic mass is 19.1. The molecule has 11 heteroatoms. The van der Waals surface area contributed by atoms with Gasteiger partial charge in [0.15, 0.2) is 0 Å². The summed E-state index contributed by atoms with van der Waals surface area (Å²) in [5.41, 5.74) is 11.3. The number of nitrogens with zero attached hydrogens (tertiary/aromatic N) is 5. The van der Waals surface area contributed by atoms with Gasteiger partial charge < -0.3 is 26.1 Å². The van der Waals surface area contributed by atoms with Crippen molar-refractivity contribution in [3.8, 4) is 23.2 Å². The van der Waals surface area contributed by atoms with Gasteiger partial charge in [-0.2, -0.15) is 5.26 Å². The molecule has 5 rings (SSSR count). The maximum absolute atomic E-state index is 14.7. The number of ether oxygens (including phenoxy) is 1. The largest absolute Gasteiger partial charge is 0.467 e. The number of nitrogens with one attached hydrogen (secondary N) is 3. The first-order valence-corrected chi connectivity index (χ1v) is 11.5. The van der Waals surface area contributed by atoms with Gasteiger partial charge >= 0.3 is 6.01 Å². The highest BCUT2D eigenvalue weighted by Crippen LogP contribution is 2.42. The van der Waals surface area contributed by atoms with Gasteiger partial charge in [0.05, 0.1) is 35.1 Å². The van der Waals surface area contributed by atoms with Crippen LogP contribution < -0.4 is 21.1 Å². The first kappa shape index (κ1) is 23.2. The van der Waals surface area contributed by atoms with Gasteiger partial charge in [0.1, 0.15) is 23.2 Å². The van der Waals surface area contributed by atoms with Crippen LogP contribution >= 0.6 is 0 Å². The molecule has 0 atom stereocenters. The van der Waals surface area contributed by atoms with E-state index >= 15 is 0 Å². The molecule has 3 aromatic heterocycles. The van der Waals surface area contributed by atoms with Gasteiger partial charge in [-0.1, -0.05) is 0 Å². The topological polar surface area (TPSA) is 150 Å². The van der Waals surface area contributed by atoms with Gasteiger partial charge in [0, 0.05) is 53.8 Å². The van der Waals surface area contributed by atoms with E-state index in [9.17, 15) is 9.65 Å². The minimum atomic E-state index is -0.384. The number of aliphatic imine (C=N–C) groups is 1. The van der Waals surface area contributed by atoms with Gasteiger partial charge in [-0.15, -0.1) is 0 Å². The molecule has 1 aliphatic heterocycles. The molecular formula is C25H24FN9O. The molecule has 10 nitrogen and oxygen atoms in total. The molecule has 182 valence electrons. The van der Waals surface area contributed by atoms with Gasteiger partial charge in [-0.05, 0) is 32.0 Å². The molecule has 1 aliphatic rings. The van der Waals surface area contributed by atoms with Crippen LogP contribution in [0.15, 0.2) is 47.0 Å². The molecule has 1 saturated heterocycles. The number of halogens is 1. The summed E-state index contributed by atoms with van der Waals surface area (Å²) in [5, 5.41) is 17.2. The number of H-pyrrole nitrogens is 1. The van der Waals surface area contributed by atoms with E-state index in [1.54, 1.807) is 18.6 Å². The van der Waals surface area contributed by atoms with E-state index in [2.05, 4.69) is 30.6 Å². The SMILES string of the molecule is CCNc1cc(F)cc2c1[nH]c1ncc(-c3cnc(OC)nc3)c(N=C3CNCCC3=C(N)C#N)c12. The minimum absolute atomic E-state index is 0.134. The third-order valence-electron chi connectivity index (χ3n) is 6.04. The summed E-state index contributed by atoms with van der Waals surface area (Å²) in [5.74, 6) is -0.384. The highest BCUT2D eigenvalue weighted by Gasteiger charge is 2.22. The van der Waals surface area contributed by atoms with Crippen LogP contribution in [-0.2, 0) is 0 Å². The number of fused-ring (bicyclic) bond motifs is 3. The standard InChI is InChI=1S/C25H24FN9O/c1-3-30-19-7-14(26)6-16-21-23(34-20-12-29-5-4-15(20)18(28)8-27)17(11-31-24(21)35-22(16)19)13-9-32-25(36-2)33-10-13/h6-7,9-11,29-30H,3-5,12,28H2,1-2H3,(H,31,35). The number of benzene rings is 1. The number of allylic oxidation sites excluding steroid dienone is 1. The number of nitrogens with two attached hydrogens (primary N) is 1. The summed E-state index contributed by atoms with van der Waals surface area (Å²) in [7, 11) is 1.49. The first-order chi connectivity index (χ1) is 17.5. The molecular weight excluding hydrogens is 461 g/mol. The normalized spacial score (nSPS) is 16.3. The zero-order chi connectivity index (χ0) is 25.2. The lowest BCUT2D eigenvalue weighted by atomic mass is 10.00. The molecule has 36 heavy (non-hydrogen) atoms. The molecule has 4 aromatic rings. The Labute approximate surface area is 206 Å². The maximum Gasteiger partial charge on any atom is 0.316 e. The van der Waals surface area contributed by atoms with E-state index in [4.69, 9.17) is 15.5 Å². The molecule has 0 unspecified atom stereocenters. The van der Waals surface area contributed by atoms with Crippen LogP contribution in [0.5, 0.6) is 6.01 Å². The van der Waals surface area contributed by atoms with Crippen molar-refractivity contribution in [2.24, 2.45) is 10.7 Å². The van der Waals surface area contributed by atoms with Crippen molar-refractivity contribution in [3.63, 3.8) is 0 Å². The Morgan fingerprint density at radius 3 is 2.81 bits per heavy atom. The number of aromatic amines is 1. The average Bonchev–Trinajstić information content (AvgIpc) is 3.28. The summed E-state index contributed by atoms with van der Waals surface area (Å²) in [6, 6.07) is 5.18. The summed E-state index contributed by atoms with van der Waals surface area (Å²) in [6.07, 6.45) is 5.49. The van der Waals surface area contributed by atoms with Crippen LogP contribution in [0.4, 0.5) is 15.8 Å². The minimum Gasteiger partial charge on any atom is -0.467 e. The summed E-state index contributed by atoms with van der Waals surface area (Å²) in [4.78, 5) is 21.4. The Morgan fingerprint density at radius 2 is 2.08 bits per heavy atom. The molecule has 0 amide bonds. The number of nitriles is 1. The predicted molar refractivity (Wildman–Crippen MR) is 137 cm³/mol. The lowest BCUT2D eigenvalue weighted by Crippen LogP contribution is -2.33. The van der Waals surface area contributed by atoms with Crippen LogP contribution in [0.1, 0.15) is 13.3 Å². The average molecular weight is 486 g/mol. The zero-order valence-corrected chi connectivity index (χ0v) is 19.8. The molecule has 5 N–H and O–H groups in total. The molecule has 4 heterocycles. The van der Waals surface area contributed by atoms with E-state index in [0.29, 0.717) is 76.3 Å². The summed E-state index contributed by atoms with van der Waals surface area (Å²) < 4.78 is 19.8. The maximum atomic E-state index is 14.7. The Morgan fingerprint density at radius 1 is 1.28 bits per heavy atom. The van der Waals surface area contributed by atoms with Crippen molar-refractivity contribution in [1.29, 1.82) is 5.26 Å². The molecule has 1 fully saturated rings. The smallest absolute Gasteiger partial charge is 0.316 e. The first-order valence-electron chi connectivity index (χ1n) is 11.5. The predicted octanol–water partition coefficient (Wildman–Crippen LogP) is 3.55. The van der Waals surface area contributed by atoms with Gasteiger partial charge in [-0.25, -0.2) is 19.3 Å². The quantitative estimate of drug-likeness (QED) is 0.313. The number of aromatic nitrogens is 4. The van der Waals surface area contributed by atoms with Gasteiger partial charge in [-0.3, -0.25) is 4.99 Å². The van der Waals surface area contributed by atoms with Crippen molar-refractivity contribution in [3.05, 3.63) is 47.8 Å². The number of hydrogen-bond acceptors (Lipinski definition) is 9. The number of pyridine rings is 1. The molecule has 1 aromatic carbocycles. The number of anilines is 1. The molecule has 0 saturated carbocycles. The number of piperidine rings is 1. The molecule has 0 aliphatic carbocycles. The Kier molecular flexibility index (Phi) is 6.18. The van der Waals surface area contributed by atoms with Crippen molar-refractivity contribution < 1.29 is 9.13 Å². The lowest BCUT2D eigenvalue weighted by Gasteiger charge is -2.19. The van der Waals surface area contributed by atoms with E-state index in [1.807, 2.05) is 13.0 Å². The van der Waals surface area contributed by atoms with E-state index in [1.165, 1.54) is 19.2 Å². The third-order valence-corrected chi connectivity index (χ3v) is 6.04. The lowest BCUT2D eigenvalue weighted by molar-refractivity contribution is 0.380. The van der Waals surface area contributed by atoms with Crippen LogP contribution in [-0.4, -0.2) is 52.4 Å². The summed E-state index contributed by atoms with van der Waals surface area (Å²) >= 11 is 0. The van der Waals surface area contributed by atoms with Crippen LogP contribution in [0.2, 0.25) is 0 Å². The second kappa shape index (κ2) is 9.59. The zero-order valence-electron chi connectivity index (χ0n) is 19.8. The monoisotopic (exact) mass is 485 g/mol. The van der Waals surface area contributed by atoms with Crippen molar-refractivity contribution in [1.82, 2.24) is 25.3 Å². The Bertz CT molecular complexity index is 1560. The van der Waals surface area contributed by atoms with Gasteiger partial charge in [0.2, 0.25) is 0 Å². The Balaban J connectivity index is 1.86. The van der Waals surface area contributed by atoms with E-state index in [-0.39, 0.29) is 17.5 Å². The second-order valence-electron chi connectivity index (χ2n) is 8.22. The van der Waals surface area contributed by atoms with Crippen LogP contribution in [0.25, 0.3) is 33.1 Å². The molecule has 0 spiro atoms. The number of rotatable bonds is 5. The van der Waals surface area contributed by atoms with Crippen molar-refractivity contribution in [2.45, 2.75) is 13.3 Å². The van der Waals surface area contributed by atoms with E-state index in [0.717, 1.165) is 5.52 Å². The molecule has 0 radical (unpaired) electrons. The fourth-order valence-corrected chi connectivity index (χ4v) is 4.40. The third kappa shape index (κ3) is 4.08. The van der Waals surface area contributed by atoms with Gasteiger partial charge in [0.25, 0.3) is 0 Å². The number of hydrogen-bond donors (Lipinski definition) is 4. The molecule has 0 bridgehead atoms. The van der Waals surface area contributed by atoms with E-state index < -0.39 is 0 Å². The highest BCUT2D eigenvalue weighted by molar-refractivity contribution is 6.18. The summed E-state index contributed by atoms with van der Waals surface area (Å²) in [6.45, 7) is 3.68.